The average Bonchev–Trinajstić information content (AvgIpc) is 2.60. The Morgan fingerprint density at radius 3 is 2.30 bits per heavy atom. The summed E-state index contributed by atoms with van der Waals surface area (Å²) in [4.78, 5) is 11.9. The lowest BCUT2D eigenvalue weighted by Gasteiger charge is -2.07. The molecule has 0 aliphatic rings. The van der Waals surface area contributed by atoms with Gasteiger partial charge in [-0.3, -0.25) is 0 Å². The number of ether oxygens (including phenoxy) is 3. The van der Waals surface area contributed by atoms with Gasteiger partial charge in [-0.25, -0.2) is 4.79 Å². The molecule has 0 radical (unpaired) electrons. The average molecular weight is 312 g/mol. The maximum atomic E-state index is 11.9. The van der Waals surface area contributed by atoms with E-state index in [4.69, 9.17) is 14.2 Å². The van der Waals surface area contributed by atoms with E-state index in [1.807, 2.05) is 18.2 Å². The quantitative estimate of drug-likeness (QED) is 0.461. The molecule has 120 valence electrons. The summed E-state index contributed by atoms with van der Waals surface area (Å²) in [5, 5.41) is 0. The summed E-state index contributed by atoms with van der Waals surface area (Å²) in [6.07, 6.45) is 3.98. The fourth-order valence-electron chi connectivity index (χ4n) is 2.06. The summed E-state index contributed by atoms with van der Waals surface area (Å²) in [5.41, 5.74) is 1.97. The van der Waals surface area contributed by atoms with Crippen LogP contribution >= 0.6 is 0 Å². The molecular formula is C19H20O4. The Balaban J connectivity index is 2.05. The SMILES string of the molecule is CCc1ccc(OC(=O)/C=C/c2ccc(OC)cc2OC)cc1. The van der Waals surface area contributed by atoms with Crippen LogP contribution in [0.1, 0.15) is 18.1 Å². The topological polar surface area (TPSA) is 44.8 Å². The third-order valence-electron chi connectivity index (χ3n) is 3.39. The van der Waals surface area contributed by atoms with Crippen LogP contribution in [-0.2, 0) is 11.2 Å². The van der Waals surface area contributed by atoms with Crippen molar-refractivity contribution in [1.82, 2.24) is 0 Å². The van der Waals surface area contributed by atoms with Crippen LogP contribution in [0.4, 0.5) is 0 Å². The Bertz CT molecular complexity index is 687. The second kappa shape index (κ2) is 8.03. The highest BCUT2D eigenvalue weighted by Gasteiger charge is 2.04. The largest absolute Gasteiger partial charge is 0.497 e. The highest BCUT2D eigenvalue weighted by molar-refractivity contribution is 5.89. The zero-order valence-corrected chi connectivity index (χ0v) is 13.5. The molecule has 2 aromatic carbocycles. The number of methoxy groups -OCH3 is 2. The molecule has 0 bridgehead atoms. The van der Waals surface area contributed by atoms with E-state index < -0.39 is 5.97 Å². The number of aryl methyl sites for hydroxylation is 1. The minimum absolute atomic E-state index is 0.438. The predicted molar refractivity (Wildman–Crippen MR) is 90.0 cm³/mol. The monoisotopic (exact) mass is 312 g/mol. The Morgan fingerprint density at radius 1 is 1.00 bits per heavy atom. The maximum Gasteiger partial charge on any atom is 0.336 e. The van der Waals surface area contributed by atoms with Gasteiger partial charge in [0.05, 0.1) is 14.2 Å². The maximum absolute atomic E-state index is 11.9. The minimum Gasteiger partial charge on any atom is -0.497 e. The van der Waals surface area contributed by atoms with Crippen LogP contribution in [-0.4, -0.2) is 20.2 Å². The van der Waals surface area contributed by atoms with E-state index in [0.29, 0.717) is 17.2 Å². The second-order valence-corrected chi connectivity index (χ2v) is 4.86. The lowest BCUT2D eigenvalue weighted by atomic mass is 10.1. The van der Waals surface area contributed by atoms with Crippen molar-refractivity contribution < 1.29 is 19.0 Å². The summed E-state index contributed by atoms with van der Waals surface area (Å²) in [6, 6.07) is 12.8. The fraction of sp³-hybridized carbons (Fsp3) is 0.211. The van der Waals surface area contributed by atoms with Gasteiger partial charge in [-0.1, -0.05) is 19.1 Å². The molecule has 0 aromatic heterocycles. The molecule has 4 heteroatoms. The fourth-order valence-corrected chi connectivity index (χ4v) is 2.06. The number of hydrogen-bond donors (Lipinski definition) is 0. The van der Waals surface area contributed by atoms with E-state index in [1.165, 1.54) is 11.6 Å². The first-order valence-corrected chi connectivity index (χ1v) is 7.37. The van der Waals surface area contributed by atoms with Crippen LogP contribution in [0.3, 0.4) is 0 Å². The molecule has 0 fully saturated rings. The molecule has 0 amide bonds. The highest BCUT2D eigenvalue weighted by Crippen LogP contribution is 2.25. The number of hydrogen-bond acceptors (Lipinski definition) is 4. The van der Waals surface area contributed by atoms with Gasteiger partial charge < -0.3 is 14.2 Å². The molecule has 0 atom stereocenters. The first kappa shape index (κ1) is 16.6. The van der Waals surface area contributed by atoms with Crippen molar-refractivity contribution in [3.8, 4) is 17.2 Å². The van der Waals surface area contributed by atoms with E-state index in [9.17, 15) is 4.79 Å². The van der Waals surface area contributed by atoms with Crippen LogP contribution in [0.2, 0.25) is 0 Å². The predicted octanol–water partition coefficient (Wildman–Crippen LogP) is 3.89. The molecule has 23 heavy (non-hydrogen) atoms. The van der Waals surface area contributed by atoms with Gasteiger partial charge in [-0.2, -0.15) is 0 Å². The van der Waals surface area contributed by atoms with Crippen LogP contribution in [0.25, 0.3) is 6.08 Å². The van der Waals surface area contributed by atoms with Gasteiger partial charge in [-0.05, 0) is 42.3 Å². The lowest BCUT2D eigenvalue weighted by molar-refractivity contribution is -0.128. The summed E-state index contributed by atoms with van der Waals surface area (Å²) < 4.78 is 15.7. The van der Waals surface area contributed by atoms with Gasteiger partial charge in [-0.15, -0.1) is 0 Å². The van der Waals surface area contributed by atoms with E-state index >= 15 is 0 Å². The number of carbonyl (C=O) groups is 1. The van der Waals surface area contributed by atoms with E-state index in [2.05, 4.69) is 6.92 Å². The molecule has 0 unspecified atom stereocenters. The zero-order chi connectivity index (χ0) is 16.7. The van der Waals surface area contributed by atoms with E-state index in [0.717, 1.165) is 12.0 Å². The lowest BCUT2D eigenvalue weighted by Crippen LogP contribution is -2.03. The van der Waals surface area contributed by atoms with Gasteiger partial charge in [0.1, 0.15) is 17.2 Å². The Hall–Kier alpha value is -2.75. The Kier molecular flexibility index (Phi) is 5.80. The molecule has 0 saturated carbocycles. The molecule has 0 N–H and O–H groups in total. The molecule has 0 saturated heterocycles. The van der Waals surface area contributed by atoms with Crippen molar-refractivity contribution in [2.75, 3.05) is 14.2 Å². The van der Waals surface area contributed by atoms with Crippen molar-refractivity contribution in [3.63, 3.8) is 0 Å². The third-order valence-corrected chi connectivity index (χ3v) is 3.39. The zero-order valence-electron chi connectivity index (χ0n) is 13.5. The molecule has 2 rings (SSSR count). The summed E-state index contributed by atoms with van der Waals surface area (Å²) in [5.74, 6) is 1.41. The van der Waals surface area contributed by atoms with Gasteiger partial charge in [0, 0.05) is 17.7 Å². The molecule has 0 aliphatic heterocycles. The summed E-state index contributed by atoms with van der Waals surface area (Å²) in [7, 11) is 3.16. The molecular weight excluding hydrogens is 292 g/mol. The van der Waals surface area contributed by atoms with E-state index in [-0.39, 0.29) is 0 Å². The molecule has 2 aromatic rings. The minimum atomic E-state index is -0.438. The normalized spacial score (nSPS) is 10.6. The number of benzene rings is 2. The smallest absolute Gasteiger partial charge is 0.336 e. The number of rotatable bonds is 6. The van der Waals surface area contributed by atoms with Gasteiger partial charge in [0.15, 0.2) is 0 Å². The molecule has 0 aliphatic carbocycles. The van der Waals surface area contributed by atoms with Gasteiger partial charge >= 0.3 is 5.97 Å². The first-order valence-electron chi connectivity index (χ1n) is 7.37. The molecule has 0 heterocycles. The van der Waals surface area contributed by atoms with Crippen molar-refractivity contribution in [3.05, 3.63) is 59.7 Å². The summed E-state index contributed by atoms with van der Waals surface area (Å²) in [6.45, 7) is 2.08. The van der Waals surface area contributed by atoms with Crippen LogP contribution in [0.5, 0.6) is 17.2 Å². The molecule has 4 nitrogen and oxygen atoms in total. The van der Waals surface area contributed by atoms with Gasteiger partial charge in [0.25, 0.3) is 0 Å². The van der Waals surface area contributed by atoms with Crippen LogP contribution in [0.15, 0.2) is 48.5 Å². The van der Waals surface area contributed by atoms with E-state index in [1.54, 1.807) is 44.6 Å². The first-order chi connectivity index (χ1) is 11.2. The number of esters is 1. The standard InChI is InChI=1S/C19H20O4/c1-4-14-5-9-16(10-6-14)23-19(20)12-8-15-7-11-17(21-2)13-18(15)22-3/h5-13H,4H2,1-3H3/b12-8+. The van der Waals surface area contributed by atoms with Crippen molar-refractivity contribution >= 4 is 12.0 Å². The van der Waals surface area contributed by atoms with Crippen molar-refractivity contribution in [2.45, 2.75) is 13.3 Å². The number of carbonyl (C=O) groups excluding carboxylic acids is 1. The highest BCUT2D eigenvalue weighted by atomic mass is 16.5. The van der Waals surface area contributed by atoms with Crippen LogP contribution < -0.4 is 14.2 Å². The molecule has 0 spiro atoms. The third kappa shape index (κ3) is 4.61. The Labute approximate surface area is 136 Å². The second-order valence-electron chi connectivity index (χ2n) is 4.86. The van der Waals surface area contributed by atoms with Crippen LogP contribution in [0, 0.1) is 0 Å². The van der Waals surface area contributed by atoms with Crippen molar-refractivity contribution in [1.29, 1.82) is 0 Å². The Morgan fingerprint density at radius 2 is 1.70 bits per heavy atom. The summed E-state index contributed by atoms with van der Waals surface area (Å²) >= 11 is 0. The van der Waals surface area contributed by atoms with Crippen molar-refractivity contribution in [2.24, 2.45) is 0 Å². The van der Waals surface area contributed by atoms with Gasteiger partial charge in [0.2, 0.25) is 0 Å².